The molecule has 1 unspecified atom stereocenters. The van der Waals surface area contributed by atoms with E-state index in [4.69, 9.17) is 4.42 Å². The molecule has 0 aromatic carbocycles. The molecule has 0 fully saturated rings. The number of nitrogens with one attached hydrogen (secondary N) is 1. The van der Waals surface area contributed by atoms with Crippen LogP contribution in [0, 0.1) is 6.92 Å². The van der Waals surface area contributed by atoms with Crippen molar-refractivity contribution in [3.05, 3.63) is 52.9 Å². The molecule has 0 spiro atoms. The van der Waals surface area contributed by atoms with Gasteiger partial charge < -0.3 is 9.73 Å². The Morgan fingerprint density at radius 1 is 1.37 bits per heavy atom. The van der Waals surface area contributed by atoms with Crippen LogP contribution in [-0.4, -0.2) is 4.98 Å². The summed E-state index contributed by atoms with van der Waals surface area (Å²) >= 11 is 1.73. The SMILES string of the molecule is Cc1ccc(CNC(C)c2cnc3ccsc3c2)o1. The predicted molar refractivity (Wildman–Crippen MR) is 78.3 cm³/mol. The maximum atomic E-state index is 5.55. The van der Waals surface area contributed by atoms with Crippen LogP contribution in [0.2, 0.25) is 0 Å². The van der Waals surface area contributed by atoms with Gasteiger partial charge in [-0.15, -0.1) is 11.3 Å². The smallest absolute Gasteiger partial charge is 0.117 e. The van der Waals surface area contributed by atoms with Crippen LogP contribution in [0.4, 0.5) is 0 Å². The number of fused-ring (bicyclic) bond motifs is 1. The van der Waals surface area contributed by atoms with E-state index in [1.165, 1.54) is 10.3 Å². The number of hydrogen-bond acceptors (Lipinski definition) is 4. The van der Waals surface area contributed by atoms with Crippen molar-refractivity contribution in [1.29, 1.82) is 0 Å². The highest BCUT2D eigenvalue weighted by molar-refractivity contribution is 7.17. The highest BCUT2D eigenvalue weighted by Gasteiger charge is 2.08. The van der Waals surface area contributed by atoms with Gasteiger partial charge in [0.1, 0.15) is 11.5 Å². The number of aromatic nitrogens is 1. The Morgan fingerprint density at radius 3 is 3.05 bits per heavy atom. The van der Waals surface area contributed by atoms with E-state index in [9.17, 15) is 0 Å². The van der Waals surface area contributed by atoms with Gasteiger partial charge >= 0.3 is 0 Å². The van der Waals surface area contributed by atoms with Crippen LogP contribution in [0.25, 0.3) is 10.2 Å². The molecule has 3 heterocycles. The van der Waals surface area contributed by atoms with E-state index in [1.54, 1.807) is 11.3 Å². The first-order valence-electron chi connectivity index (χ1n) is 6.34. The molecule has 3 aromatic heterocycles. The molecule has 3 nitrogen and oxygen atoms in total. The average molecular weight is 272 g/mol. The van der Waals surface area contributed by atoms with E-state index in [0.717, 1.165) is 23.6 Å². The number of rotatable bonds is 4. The van der Waals surface area contributed by atoms with Crippen LogP contribution in [-0.2, 0) is 6.54 Å². The van der Waals surface area contributed by atoms with Gasteiger partial charge in [0.15, 0.2) is 0 Å². The van der Waals surface area contributed by atoms with Gasteiger partial charge in [0, 0.05) is 12.2 Å². The fourth-order valence-electron chi connectivity index (χ4n) is 2.05. The molecule has 0 aliphatic rings. The lowest BCUT2D eigenvalue weighted by Gasteiger charge is -2.12. The zero-order valence-electron chi connectivity index (χ0n) is 11.0. The van der Waals surface area contributed by atoms with Gasteiger partial charge in [-0.3, -0.25) is 4.98 Å². The number of hydrogen-bond donors (Lipinski definition) is 1. The number of aryl methyl sites for hydroxylation is 1. The molecule has 1 N–H and O–H groups in total. The van der Waals surface area contributed by atoms with Gasteiger partial charge in [-0.2, -0.15) is 0 Å². The molecule has 19 heavy (non-hydrogen) atoms. The van der Waals surface area contributed by atoms with Crippen molar-refractivity contribution in [1.82, 2.24) is 10.3 Å². The van der Waals surface area contributed by atoms with Crippen LogP contribution in [0.5, 0.6) is 0 Å². The molecule has 3 aromatic rings. The first-order valence-corrected chi connectivity index (χ1v) is 7.22. The fourth-order valence-corrected chi connectivity index (χ4v) is 2.84. The zero-order valence-corrected chi connectivity index (χ0v) is 11.8. The predicted octanol–water partition coefficient (Wildman–Crippen LogP) is 4.05. The summed E-state index contributed by atoms with van der Waals surface area (Å²) in [5.41, 5.74) is 2.28. The van der Waals surface area contributed by atoms with Gasteiger partial charge in [0.05, 0.1) is 16.8 Å². The van der Waals surface area contributed by atoms with Crippen molar-refractivity contribution >= 4 is 21.6 Å². The van der Waals surface area contributed by atoms with Crippen LogP contribution < -0.4 is 5.32 Å². The van der Waals surface area contributed by atoms with E-state index in [2.05, 4.69) is 28.7 Å². The van der Waals surface area contributed by atoms with E-state index >= 15 is 0 Å². The maximum absolute atomic E-state index is 5.55. The lowest BCUT2D eigenvalue weighted by atomic mass is 10.1. The van der Waals surface area contributed by atoms with E-state index in [1.807, 2.05) is 31.3 Å². The second-order valence-electron chi connectivity index (χ2n) is 4.69. The molecule has 0 saturated carbocycles. The third-order valence-electron chi connectivity index (χ3n) is 3.20. The Bertz CT molecular complexity index is 686. The summed E-state index contributed by atoms with van der Waals surface area (Å²) in [6.45, 7) is 4.84. The topological polar surface area (TPSA) is 38.1 Å². The Morgan fingerprint density at radius 2 is 2.26 bits per heavy atom. The fraction of sp³-hybridized carbons (Fsp3) is 0.267. The molecular formula is C15H16N2OS. The third kappa shape index (κ3) is 2.69. The van der Waals surface area contributed by atoms with Crippen molar-refractivity contribution < 1.29 is 4.42 Å². The zero-order chi connectivity index (χ0) is 13.2. The Kier molecular flexibility index (Phi) is 3.36. The van der Waals surface area contributed by atoms with Crippen molar-refractivity contribution in [2.24, 2.45) is 0 Å². The first kappa shape index (κ1) is 12.4. The molecule has 0 amide bonds. The average Bonchev–Trinajstić information content (AvgIpc) is 3.03. The quantitative estimate of drug-likeness (QED) is 0.778. The molecule has 0 aliphatic heterocycles. The summed E-state index contributed by atoms with van der Waals surface area (Å²) in [4.78, 5) is 4.47. The number of pyridine rings is 1. The van der Waals surface area contributed by atoms with Crippen molar-refractivity contribution in [2.75, 3.05) is 0 Å². The summed E-state index contributed by atoms with van der Waals surface area (Å²) < 4.78 is 6.79. The summed E-state index contributed by atoms with van der Waals surface area (Å²) in [7, 11) is 0. The van der Waals surface area contributed by atoms with Crippen molar-refractivity contribution in [3.8, 4) is 0 Å². The van der Waals surface area contributed by atoms with Crippen LogP contribution in [0.1, 0.15) is 30.0 Å². The standard InChI is InChI=1S/C15H16N2OS/c1-10-3-4-13(18-10)9-16-11(2)12-7-15-14(17-8-12)5-6-19-15/h3-8,11,16H,9H2,1-2H3. The monoisotopic (exact) mass is 272 g/mol. The summed E-state index contributed by atoms with van der Waals surface area (Å²) in [5.74, 6) is 1.92. The van der Waals surface area contributed by atoms with Crippen molar-refractivity contribution in [3.63, 3.8) is 0 Å². The Hall–Kier alpha value is -1.65. The minimum Gasteiger partial charge on any atom is -0.465 e. The molecule has 0 radical (unpaired) electrons. The lowest BCUT2D eigenvalue weighted by Crippen LogP contribution is -2.17. The normalized spacial score (nSPS) is 12.9. The van der Waals surface area contributed by atoms with E-state index < -0.39 is 0 Å². The summed E-state index contributed by atoms with van der Waals surface area (Å²) in [6.07, 6.45) is 1.94. The molecule has 0 bridgehead atoms. The Labute approximate surface area is 116 Å². The summed E-state index contributed by atoms with van der Waals surface area (Å²) in [5, 5.41) is 5.53. The largest absolute Gasteiger partial charge is 0.465 e. The summed E-state index contributed by atoms with van der Waals surface area (Å²) in [6, 6.07) is 8.51. The highest BCUT2D eigenvalue weighted by atomic mass is 32.1. The van der Waals surface area contributed by atoms with E-state index in [0.29, 0.717) is 0 Å². The van der Waals surface area contributed by atoms with Crippen LogP contribution in [0.3, 0.4) is 0 Å². The van der Waals surface area contributed by atoms with Gasteiger partial charge in [-0.1, -0.05) is 0 Å². The van der Waals surface area contributed by atoms with Gasteiger partial charge in [0.2, 0.25) is 0 Å². The minimum absolute atomic E-state index is 0.254. The molecule has 0 saturated heterocycles. The minimum atomic E-state index is 0.254. The molecule has 4 heteroatoms. The first-order chi connectivity index (χ1) is 9.22. The molecule has 1 atom stereocenters. The number of thiophene rings is 1. The second kappa shape index (κ2) is 5.15. The highest BCUT2D eigenvalue weighted by Crippen LogP contribution is 2.22. The maximum Gasteiger partial charge on any atom is 0.117 e. The van der Waals surface area contributed by atoms with Crippen LogP contribution >= 0.6 is 11.3 Å². The number of nitrogens with zero attached hydrogens (tertiary/aromatic N) is 1. The third-order valence-corrected chi connectivity index (χ3v) is 4.06. The number of furan rings is 1. The van der Waals surface area contributed by atoms with Crippen LogP contribution in [0.15, 0.2) is 40.3 Å². The lowest BCUT2D eigenvalue weighted by molar-refractivity contribution is 0.444. The Balaban J connectivity index is 1.70. The van der Waals surface area contributed by atoms with Gasteiger partial charge in [0.25, 0.3) is 0 Å². The van der Waals surface area contributed by atoms with E-state index in [-0.39, 0.29) is 6.04 Å². The second-order valence-corrected chi connectivity index (χ2v) is 5.64. The van der Waals surface area contributed by atoms with Gasteiger partial charge in [-0.05, 0) is 49.1 Å². The molecule has 98 valence electrons. The molecule has 0 aliphatic carbocycles. The molecule has 3 rings (SSSR count). The van der Waals surface area contributed by atoms with Crippen molar-refractivity contribution in [2.45, 2.75) is 26.4 Å². The van der Waals surface area contributed by atoms with Gasteiger partial charge in [-0.25, -0.2) is 0 Å². The molecular weight excluding hydrogens is 256 g/mol.